The zero-order valence-corrected chi connectivity index (χ0v) is 13.1. The van der Waals surface area contributed by atoms with E-state index in [4.69, 9.17) is 0 Å². The van der Waals surface area contributed by atoms with E-state index < -0.39 is 11.2 Å². The molecule has 1 fully saturated rings. The van der Waals surface area contributed by atoms with Crippen molar-refractivity contribution in [2.24, 2.45) is 0 Å². The van der Waals surface area contributed by atoms with Crippen molar-refractivity contribution >= 4 is 28.8 Å². The highest BCUT2D eigenvalue weighted by molar-refractivity contribution is 7.80. The van der Waals surface area contributed by atoms with Gasteiger partial charge in [-0.1, -0.05) is 6.07 Å². The minimum Gasteiger partial charge on any atom is -0.302 e. The first-order chi connectivity index (χ1) is 10.2. The maximum Gasteiger partial charge on any atom is 0.170 e. The van der Waals surface area contributed by atoms with Crippen LogP contribution in [0.1, 0.15) is 17.3 Å². The molecule has 0 radical (unpaired) electrons. The van der Waals surface area contributed by atoms with Gasteiger partial charge < -0.3 is 4.79 Å². The van der Waals surface area contributed by atoms with Gasteiger partial charge in [-0.25, -0.2) is 13.2 Å². The summed E-state index contributed by atoms with van der Waals surface area (Å²) >= 11 is 0.277. The lowest BCUT2D eigenvalue weighted by atomic mass is 10.1. The minimum atomic E-state index is -1.34. The molecular formula is C14H15N3O2S2. The van der Waals surface area contributed by atoms with Crippen LogP contribution in [0.15, 0.2) is 36.5 Å². The van der Waals surface area contributed by atoms with Crippen molar-refractivity contribution in [3.8, 4) is 10.6 Å². The Hall–Kier alpha value is -1.41. The molecule has 0 spiro atoms. The number of nitrogens with zero attached hydrogens (tertiary/aromatic N) is 2. The molecule has 0 amide bonds. The van der Waals surface area contributed by atoms with E-state index in [1.807, 2.05) is 30.3 Å². The van der Waals surface area contributed by atoms with Gasteiger partial charge in [0.25, 0.3) is 0 Å². The van der Waals surface area contributed by atoms with Crippen molar-refractivity contribution in [2.45, 2.75) is 18.5 Å². The molecule has 0 bridgehead atoms. The van der Waals surface area contributed by atoms with Gasteiger partial charge in [0.05, 0.1) is 22.7 Å². The van der Waals surface area contributed by atoms with Crippen LogP contribution in [-0.4, -0.2) is 32.9 Å². The van der Waals surface area contributed by atoms with E-state index in [0.29, 0.717) is 6.42 Å². The molecule has 3 unspecified atom stereocenters. The van der Waals surface area contributed by atoms with Crippen molar-refractivity contribution in [1.29, 1.82) is 0 Å². The van der Waals surface area contributed by atoms with E-state index in [9.17, 15) is 9.00 Å². The zero-order chi connectivity index (χ0) is 14.8. The smallest absolute Gasteiger partial charge is 0.170 e. The first-order valence-electron chi connectivity index (χ1n) is 6.56. The fourth-order valence-electron chi connectivity index (χ4n) is 2.27. The Morgan fingerprint density at radius 1 is 1.43 bits per heavy atom. The van der Waals surface area contributed by atoms with Crippen LogP contribution >= 0.6 is 11.3 Å². The Balaban J connectivity index is 1.83. The number of likely N-dealkylation sites (N-methyl/N-ethyl adjacent to an activating group) is 1. The van der Waals surface area contributed by atoms with Crippen LogP contribution < -0.4 is 4.72 Å². The number of thiophene rings is 1. The summed E-state index contributed by atoms with van der Waals surface area (Å²) in [5.74, 6) is 0. The highest BCUT2D eigenvalue weighted by Gasteiger charge is 2.32. The molecule has 1 aliphatic heterocycles. The van der Waals surface area contributed by atoms with Crippen LogP contribution in [0.4, 0.5) is 0 Å². The average Bonchev–Trinajstić information content (AvgIpc) is 3.00. The molecule has 2 aromatic heterocycles. The second kappa shape index (κ2) is 6.15. The highest BCUT2D eigenvalue weighted by atomic mass is 32.2. The highest BCUT2D eigenvalue weighted by Crippen LogP contribution is 2.34. The predicted octanol–water partition coefficient (Wildman–Crippen LogP) is 1.92. The molecule has 110 valence electrons. The fraction of sp³-hybridized carbons (Fsp3) is 0.286. The van der Waals surface area contributed by atoms with Gasteiger partial charge in [0.15, 0.2) is 11.2 Å². The van der Waals surface area contributed by atoms with Gasteiger partial charge in [-0.05, 0) is 30.7 Å². The van der Waals surface area contributed by atoms with Gasteiger partial charge in [0, 0.05) is 18.1 Å². The first-order valence-corrected chi connectivity index (χ1v) is 8.48. The monoisotopic (exact) mass is 321 g/mol. The van der Waals surface area contributed by atoms with E-state index in [-0.39, 0.29) is 12.1 Å². The van der Waals surface area contributed by atoms with Crippen molar-refractivity contribution in [2.75, 3.05) is 7.05 Å². The van der Waals surface area contributed by atoms with Gasteiger partial charge in [0.2, 0.25) is 0 Å². The summed E-state index contributed by atoms with van der Waals surface area (Å²) in [5, 5.41) is 0. The van der Waals surface area contributed by atoms with Gasteiger partial charge in [-0.15, -0.1) is 11.3 Å². The maximum absolute atomic E-state index is 12.0. The van der Waals surface area contributed by atoms with E-state index >= 15 is 0 Å². The van der Waals surface area contributed by atoms with Crippen LogP contribution in [0.25, 0.3) is 10.6 Å². The van der Waals surface area contributed by atoms with Crippen molar-refractivity contribution < 1.29 is 9.00 Å². The third-order valence-corrected chi connectivity index (χ3v) is 6.00. The standard InChI is InChI=1S/C14H15N3O2S2/c1-17-10(9-18)8-12(16-21(17)19)14-6-5-13(20-14)11-4-2-3-7-15-11/h2-7,9-10,12,16H,8H2,1H3. The Labute approximate surface area is 129 Å². The van der Waals surface area contributed by atoms with Gasteiger partial charge in [0.1, 0.15) is 6.29 Å². The number of pyridine rings is 1. The number of aromatic nitrogens is 1. The minimum absolute atomic E-state index is 0.0697. The largest absolute Gasteiger partial charge is 0.302 e. The van der Waals surface area contributed by atoms with Crippen molar-refractivity contribution in [3.05, 3.63) is 41.4 Å². The topological polar surface area (TPSA) is 62.3 Å². The molecule has 1 aliphatic rings. The van der Waals surface area contributed by atoms with E-state index in [1.54, 1.807) is 28.9 Å². The summed E-state index contributed by atoms with van der Waals surface area (Å²) in [6.45, 7) is 0. The quantitative estimate of drug-likeness (QED) is 0.879. The lowest BCUT2D eigenvalue weighted by molar-refractivity contribution is -0.111. The van der Waals surface area contributed by atoms with Crippen molar-refractivity contribution in [1.82, 2.24) is 14.0 Å². The fourth-order valence-corrected chi connectivity index (χ4v) is 4.41. The molecule has 21 heavy (non-hydrogen) atoms. The molecule has 1 saturated heterocycles. The summed E-state index contributed by atoms with van der Waals surface area (Å²) in [6, 6.07) is 9.43. The summed E-state index contributed by atoms with van der Waals surface area (Å²) in [6.07, 6.45) is 3.24. The second-order valence-electron chi connectivity index (χ2n) is 4.82. The third-order valence-electron chi connectivity index (χ3n) is 3.49. The van der Waals surface area contributed by atoms with Crippen LogP contribution in [0.2, 0.25) is 0 Å². The first kappa shape index (κ1) is 14.5. The lowest BCUT2D eigenvalue weighted by Crippen LogP contribution is -2.48. The number of hydrogen-bond acceptors (Lipinski definition) is 4. The van der Waals surface area contributed by atoms with Gasteiger partial charge in [-0.2, -0.15) is 0 Å². The molecule has 3 heterocycles. The van der Waals surface area contributed by atoms with Crippen LogP contribution in [0.5, 0.6) is 0 Å². The Kier molecular flexibility index (Phi) is 4.25. The number of nitrogens with one attached hydrogen (secondary N) is 1. The van der Waals surface area contributed by atoms with Crippen LogP contribution in [0.3, 0.4) is 0 Å². The van der Waals surface area contributed by atoms with Crippen LogP contribution in [-0.2, 0) is 16.0 Å². The summed E-state index contributed by atoms with van der Waals surface area (Å²) in [5.41, 5.74) is 0.926. The van der Waals surface area contributed by atoms with Crippen molar-refractivity contribution in [3.63, 3.8) is 0 Å². The SMILES string of the molecule is CN1C(C=O)CC(c2ccc(-c3ccccn3)s2)NS1=O. The van der Waals surface area contributed by atoms with Gasteiger partial charge in [-0.3, -0.25) is 4.98 Å². The predicted molar refractivity (Wildman–Crippen MR) is 83.8 cm³/mol. The van der Waals surface area contributed by atoms with E-state index in [2.05, 4.69) is 9.71 Å². The average molecular weight is 321 g/mol. The molecule has 1 N–H and O–H groups in total. The number of rotatable bonds is 3. The van der Waals surface area contributed by atoms with E-state index in [1.165, 1.54) is 0 Å². The zero-order valence-electron chi connectivity index (χ0n) is 11.4. The number of hydrogen-bond donors (Lipinski definition) is 1. The molecule has 2 aromatic rings. The normalized spacial score (nSPS) is 26.6. The summed E-state index contributed by atoms with van der Waals surface area (Å²) in [4.78, 5) is 17.6. The number of aldehydes is 1. The molecule has 0 saturated carbocycles. The maximum atomic E-state index is 12.0. The third kappa shape index (κ3) is 2.96. The van der Waals surface area contributed by atoms with Crippen LogP contribution in [0, 0.1) is 0 Å². The summed E-state index contributed by atoms with van der Waals surface area (Å²) < 4.78 is 16.6. The van der Waals surface area contributed by atoms with E-state index in [0.717, 1.165) is 21.7 Å². The molecule has 0 aliphatic carbocycles. The molecular weight excluding hydrogens is 306 g/mol. The second-order valence-corrected chi connectivity index (χ2v) is 7.25. The molecule has 0 aromatic carbocycles. The Bertz CT molecular complexity index is 659. The Morgan fingerprint density at radius 2 is 2.29 bits per heavy atom. The number of carbonyl (C=O) groups is 1. The number of carbonyl (C=O) groups excluding carboxylic acids is 1. The molecule has 3 atom stereocenters. The lowest BCUT2D eigenvalue weighted by Gasteiger charge is -2.32. The molecule has 3 rings (SSSR count). The summed E-state index contributed by atoms with van der Waals surface area (Å²) in [7, 11) is 1.69. The molecule has 7 heteroatoms. The van der Waals surface area contributed by atoms with Gasteiger partial charge >= 0.3 is 0 Å². The molecule has 5 nitrogen and oxygen atoms in total. The Morgan fingerprint density at radius 3 is 3.00 bits per heavy atom.